The average molecular weight is 327 g/mol. The maximum atomic E-state index is 10.5. The monoisotopic (exact) mass is 326 g/mol. The van der Waals surface area contributed by atoms with E-state index >= 15 is 0 Å². The van der Waals surface area contributed by atoms with Crippen LogP contribution in [0, 0.1) is 0 Å². The van der Waals surface area contributed by atoms with Crippen molar-refractivity contribution in [1.82, 2.24) is 0 Å². The summed E-state index contributed by atoms with van der Waals surface area (Å²) in [7, 11) is 3.10. The van der Waals surface area contributed by atoms with E-state index < -0.39 is 6.10 Å². The fourth-order valence-corrected chi connectivity index (χ4v) is 2.67. The SMILES string of the molecule is COc1cccc(C(O)Cc2ccc(Cl)cc2Cl)c1OC. The summed E-state index contributed by atoms with van der Waals surface area (Å²) in [5, 5.41) is 11.6. The van der Waals surface area contributed by atoms with Crippen LogP contribution in [0.1, 0.15) is 17.2 Å². The van der Waals surface area contributed by atoms with Gasteiger partial charge in [0.05, 0.1) is 20.3 Å². The van der Waals surface area contributed by atoms with Gasteiger partial charge in [0, 0.05) is 22.0 Å². The molecule has 1 unspecified atom stereocenters. The number of para-hydroxylation sites is 1. The van der Waals surface area contributed by atoms with E-state index in [9.17, 15) is 5.11 Å². The third kappa shape index (κ3) is 3.62. The predicted octanol–water partition coefficient (Wildman–Crippen LogP) is 4.29. The van der Waals surface area contributed by atoms with Gasteiger partial charge in [-0.1, -0.05) is 41.4 Å². The molecule has 0 saturated heterocycles. The first-order valence-electron chi connectivity index (χ1n) is 6.39. The smallest absolute Gasteiger partial charge is 0.166 e. The molecule has 1 atom stereocenters. The number of methoxy groups -OCH3 is 2. The predicted molar refractivity (Wildman–Crippen MR) is 84.7 cm³/mol. The molecule has 0 aromatic heterocycles. The molecule has 0 radical (unpaired) electrons. The fourth-order valence-electron chi connectivity index (χ4n) is 2.18. The Morgan fingerprint density at radius 3 is 2.48 bits per heavy atom. The van der Waals surface area contributed by atoms with Crippen molar-refractivity contribution in [3.05, 3.63) is 57.6 Å². The standard InChI is InChI=1S/C16H16Cl2O3/c1-20-15-5-3-4-12(16(15)21-2)14(19)8-10-6-7-11(17)9-13(10)18/h3-7,9,14,19H,8H2,1-2H3. The first kappa shape index (κ1) is 16.0. The summed E-state index contributed by atoms with van der Waals surface area (Å²) in [6.07, 6.45) is -0.395. The minimum Gasteiger partial charge on any atom is -0.493 e. The van der Waals surface area contributed by atoms with Gasteiger partial charge in [0.15, 0.2) is 11.5 Å². The zero-order chi connectivity index (χ0) is 15.4. The van der Waals surface area contributed by atoms with Crippen LogP contribution in [0.5, 0.6) is 11.5 Å². The van der Waals surface area contributed by atoms with E-state index in [1.54, 1.807) is 44.6 Å². The normalized spacial score (nSPS) is 12.0. The van der Waals surface area contributed by atoms with Crippen molar-refractivity contribution in [2.24, 2.45) is 0 Å². The lowest BCUT2D eigenvalue weighted by atomic mass is 10.00. The first-order valence-corrected chi connectivity index (χ1v) is 7.15. The second kappa shape index (κ2) is 7.03. The lowest BCUT2D eigenvalue weighted by Gasteiger charge is -2.17. The molecule has 112 valence electrons. The van der Waals surface area contributed by atoms with Crippen LogP contribution in [0.4, 0.5) is 0 Å². The zero-order valence-corrected chi connectivity index (χ0v) is 13.3. The van der Waals surface area contributed by atoms with Crippen LogP contribution < -0.4 is 9.47 Å². The lowest BCUT2D eigenvalue weighted by Crippen LogP contribution is -2.05. The van der Waals surface area contributed by atoms with Gasteiger partial charge < -0.3 is 14.6 Å². The Kier molecular flexibility index (Phi) is 5.34. The van der Waals surface area contributed by atoms with E-state index in [0.717, 1.165) is 5.56 Å². The summed E-state index contributed by atoms with van der Waals surface area (Å²) in [5.41, 5.74) is 1.47. The number of halogens is 2. The molecule has 0 aliphatic carbocycles. The van der Waals surface area contributed by atoms with Crippen LogP contribution in [0.2, 0.25) is 10.0 Å². The molecule has 0 aliphatic heterocycles. The van der Waals surface area contributed by atoms with Crippen LogP contribution >= 0.6 is 23.2 Å². The summed E-state index contributed by atoms with van der Waals surface area (Å²) >= 11 is 12.0. The lowest BCUT2D eigenvalue weighted by molar-refractivity contribution is 0.173. The summed E-state index contributed by atoms with van der Waals surface area (Å²) in [4.78, 5) is 0. The summed E-state index contributed by atoms with van der Waals surface area (Å²) < 4.78 is 10.6. The highest BCUT2D eigenvalue weighted by atomic mass is 35.5. The summed E-state index contributed by atoms with van der Waals surface area (Å²) in [5.74, 6) is 1.11. The van der Waals surface area contributed by atoms with Crippen molar-refractivity contribution in [2.45, 2.75) is 12.5 Å². The number of hydrogen-bond acceptors (Lipinski definition) is 3. The van der Waals surface area contributed by atoms with Gasteiger partial charge in [-0.2, -0.15) is 0 Å². The Morgan fingerprint density at radius 2 is 1.86 bits per heavy atom. The highest BCUT2D eigenvalue weighted by Gasteiger charge is 2.18. The first-order chi connectivity index (χ1) is 10.1. The van der Waals surface area contributed by atoms with E-state index in [0.29, 0.717) is 33.5 Å². The highest BCUT2D eigenvalue weighted by Crippen LogP contribution is 2.36. The maximum Gasteiger partial charge on any atom is 0.166 e. The van der Waals surface area contributed by atoms with Crippen molar-refractivity contribution < 1.29 is 14.6 Å². The molecule has 0 saturated carbocycles. The molecular formula is C16H16Cl2O3. The molecule has 1 N–H and O–H groups in total. The molecule has 0 amide bonds. The van der Waals surface area contributed by atoms with Crippen molar-refractivity contribution in [2.75, 3.05) is 14.2 Å². The molecule has 3 nitrogen and oxygen atoms in total. The molecule has 2 aromatic rings. The van der Waals surface area contributed by atoms with Crippen LogP contribution in [0.15, 0.2) is 36.4 Å². The minimum atomic E-state index is -0.756. The van der Waals surface area contributed by atoms with Gasteiger partial charge in [-0.25, -0.2) is 0 Å². The van der Waals surface area contributed by atoms with Gasteiger partial charge in [0.2, 0.25) is 0 Å². The molecular weight excluding hydrogens is 311 g/mol. The highest BCUT2D eigenvalue weighted by molar-refractivity contribution is 6.35. The molecule has 5 heteroatoms. The molecule has 0 spiro atoms. The number of hydrogen-bond donors (Lipinski definition) is 1. The second-order valence-corrected chi connectivity index (χ2v) is 5.38. The summed E-state index contributed by atoms with van der Waals surface area (Å²) in [6.45, 7) is 0. The second-order valence-electron chi connectivity index (χ2n) is 4.54. The number of aliphatic hydroxyl groups is 1. The fraction of sp³-hybridized carbons (Fsp3) is 0.250. The molecule has 0 heterocycles. The Bertz CT molecular complexity index is 629. The molecule has 0 aliphatic rings. The van der Waals surface area contributed by atoms with Gasteiger partial charge in [-0.05, 0) is 23.8 Å². The van der Waals surface area contributed by atoms with E-state index in [-0.39, 0.29) is 0 Å². The van der Waals surface area contributed by atoms with E-state index in [4.69, 9.17) is 32.7 Å². The Morgan fingerprint density at radius 1 is 1.10 bits per heavy atom. The minimum absolute atomic E-state index is 0.361. The largest absolute Gasteiger partial charge is 0.493 e. The van der Waals surface area contributed by atoms with Crippen LogP contribution in [-0.2, 0) is 6.42 Å². The number of aliphatic hydroxyl groups excluding tert-OH is 1. The molecule has 21 heavy (non-hydrogen) atoms. The van der Waals surface area contributed by atoms with E-state index in [2.05, 4.69) is 0 Å². The van der Waals surface area contributed by atoms with Gasteiger partial charge in [-0.3, -0.25) is 0 Å². The molecule has 0 fully saturated rings. The van der Waals surface area contributed by atoms with Crippen LogP contribution in [-0.4, -0.2) is 19.3 Å². The summed E-state index contributed by atoms with van der Waals surface area (Å²) in [6, 6.07) is 10.6. The zero-order valence-electron chi connectivity index (χ0n) is 11.8. The third-order valence-corrected chi connectivity index (χ3v) is 3.81. The van der Waals surface area contributed by atoms with Crippen LogP contribution in [0.3, 0.4) is 0 Å². The Hall–Kier alpha value is -1.42. The van der Waals surface area contributed by atoms with Gasteiger partial charge in [-0.15, -0.1) is 0 Å². The quantitative estimate of drug-likeness (QED) is 0.890. The Balaban J connectivity index is 2.30. The molecule has 2 rings (SSSR count). The van der Waals surface area contributed by atoms with Gasteiger partial charge in [0.1, 0.15) is 0 Å². The van der Waals surface area contributed by atoms with Crippen molar-refractivity contribution in [3.8, 4) is 11.5 Å². The van der Waals surface area contributed by atoms with Gasteiger partial charge in [0.25, 0.3) is 0 Å². The van der Waals surface area contributed by atoms with Crippen molar-refractivity contribution >= 4 is 23.2 Å². The van der Waals surface area contributed by atoms with Gasteiger partial charge >= 0.3 is 0 Å². The molecule has 2 aromatic carbocycles. The van der Waals surface area contributed by atoms with Crippen molar-refractivity contribution in [1.29, 1.82) is 0 Å². The topological polar surface area (TPSA) is 38.7 Å². The van der Waals surface area contributed by atoms with E-state index in [1.807, 2.05) is 6.07 Å². The maximum absolute atomic E-state index is 10.5. The number of ether oxygens (including phenoxy) is 2. The molecule has 0 bridgehead atoms. The third-order valence-electron chi connectivity index (χ3n) is 3.22. The van der Waals surface area contributed by atoms with Crippen molar-refractivity contribution in [3.63, 3.8) is 0 Å². The van der Waals surface area contributed by atoms with Crippen LogP contribution in [0.25, 0.3) is 0 Å². The average Bonchev–Trinajstić information content (AvgIpc) is 2.49. The number of benzene rings is 2. The Labute approximate surface area is 134 Å². The number of rotatable bonds is 5. The van der Waals surface area contributed by atoms with E-state index in [1.165, 1.54) is 0 Å².